The Hall–Kier alpha value is -2.46. The maximum atomic E-state index is 13.2. The zero-order chi connectivity index (χ0) is 19.5. The number of para-hydroxylation sites is 1. The molecule has 1 fully saturated rings. The summed E-state index contributed by atoms with van der Waals surface area (Å²) in [6.45, 7) is 4.40. The number of nitrogens with zero attached hydrogens (tertiary/aromatic N) is 2. The molecule has 4 heteroatoms. The van der Waals surface area contributed by atoms with Crippen molar-refractivity contribution in [3.05, 3.63) is 65.7 Å². The van der Waals surface area contributed by atoms with Gasteiger partial charge in [0.05, 0.1) is 6.04 Å². The summed E-state index contributed by atoms with van der Waals surface area (Å²) in [6.07, 6.45) is 3.70. The highest BCUT2D eigenvalue weighted by atomic mass is 16.2. The van der Waals surface area contributed by atoms with Crippen molar-refractivity contribution in [3.8, 4) is 0 Å². The molecule has 2 aliphatic rings. The van der Waals surface area contributed by atoms with E-state index in [1.165, 1.54) is 5.56 Å². The molecule has 2 aromatic rings. The summed E-state index contributed by atoms with van der Waals surface area (Å²) in [5, 5.41) is 0. The van der Waals surface area contributed by atoms with Crippen molar-refractivity contribution in [1.29, 1.82) is 0 Å². The van der Waals surface area contributed by atoms with E-state index in [4.69, 9.17) is 0 Å². The molecule has 2 aromatic carbocycles. The number of rotatable bonds is 4. The van der Waals surface area contributed by atoms with Gasteiger partial charge in [0.1, 0.15) is 0 Å². The van der Waals surface area contributed by atoms with Crippen LogP contribution in [0.2, 0.25) is 0 Å². The highest BCUT2D eigenvalue weighted by Crippen LogP contribution is 2.29. The van der Waals surface area contributed by atoms with Gasteiger partial charge in [0, 0.05) is 23.7 Å². The van der Waals surface area contributed by atoms with Crippen LogP contribution in [0.3, 0.4) is 0 Å². The summed E-state index contributed by atoms with van der Waals surface area (Å²) in [5.41, 5.74) is 3.14. The first-order valence-corrected chi connectivity index (χ1v) is 10.4. The summed E-state index contributed by atoms with van der Waals surface area (Å²) < 4.78 is 0. The van der Waals surface area contributed by atoms with E-state index in [0.717, 1.165) is 56.6 Å². The van der Waals surface area contributed by atoms with Crippen molar-refractivity contribution < 1.29 is 9.59 Å². The topological polar surface area (TPSA) is 40.6 Å². The van der Waals surface area contributed by atoms with Gasteiger partial charge < -0.3 is 4.90 Å². The molecule has 0 N–H and O–H groups in total. The van der Waals surface area contributed by atoms with Crippen molar-refractivity contribution in [1.82, 2.24) is 4.90 Å². The summed E-state index contributed by atoms with van der Waals surface area (Å²) in [4.78, 5) is 30.1. The van der Waals surface area contributed by atoms with E-state index in [2.05, 4.69) is 17.0 Å². The average molecular weight is 377 g/mol. The van der Waals surface area contributed by atoms with E-state index in [-0.39, 0.29) is 23.7 Å². The Kier molecular flexibility index (Phi) is 5.58. The van der Waals surface area contributed by atoms with Crippen LogP contribution in [0.5, 0.6) is 0 Å². The molecule has 4 rings (SSSR count). The summed E-state index contributed by atoms with van der Waals surface area (Å²) >= 11 is 0. The molecule has 0 aromatic heterocycles. The van der Waals surface area contributed by atoms with Crippen LogP contribution in [0.4, 0.5) is 5.69 Å². The molecular weight excluding hydrogens is 348 g/mol. The van der Waals surface area contributed by atoms with Crippen LogP contribution in [-0.4, -0.2) is 42.3 Å². The van der Waals surface area contributed by atoms with Crippen LogP contribution in [0, 0.1) is 5.92 Å². The van der Waals surface area contributed by atoms with Crippen LogP contribution < -0.4 is 4.90 Å². The minimum atomic E-state index is -0.154. The van der Waals surface area contributed by atoms with E-state index in [1.54, 1.807) is 0 Å². The number of anilines is 1. The van der Waals surface area contributed by atoms with Crippen LogP contribution in [0.25, 0.3) is 0 Å². The van der Waals surface area contributed by atoms with Crippen LogP contribution in [0.15, 0.2) is 54.6 Å². The molecule has 28 heavy (non-hydrogen) atoms. The van der Waals surface area contributed by atoms with Gasteiger partial charge in [-0.15, -0.1) is 0 Å². The fourth-order valence-corrected chi connectivity index (χ4v) is 4.53. The smallest absolute Gasteiger partial charge is 0.244 e. The second-order valence-electron chi connectivity index (χ2n) is 7.94. The highest BCUT2D eigenvalue weighted by molar-refractivity contribution is 5.99. The van der Waals surface area contributed by atoms with Crippen molar-refractivity contribution in [2.24, 2.45) is 5.92 Å². The molecule has 0 bridgehead atoms. The lowest BCUT2D eigenvalue weighted by Gasteiger charge is -2.38. The summed E-state index contributed by atoms with van der Waals surface area (Å²) in [7, 11) is 0. The zero-order valence-corrected chi connectivity index (χ0v) is 16.5. The van der Waals surface area contributed by atoms with Crippen molar-refractivity contribution >= 4 is 17.4 Å². The number of Topliss-reactive ketones (excluding diaryl/α,β-unsaturated/α-hetero) is 1. The Labute approximate surface area is 167 Å². The lowest BCUT2D eigenvalue weighted by Crippen LogP contribution is -2.51. The molecule has 0 aliphatic carbocycles. The van der Waals surface area contributed by atoms with E-state index in [1.807, 2.05) is 54.3 Å². The number of ketones is 1. The molecule has 0 radical (unpaired) electrons. The second kappa shape index (κ2) is 8.27. The number of carbonyl (C=O) groups excluding carboxylic acids is 2. The van der Waals surface area contributed by atoms with Crippen molar-refractivity contribution in [2.75, 3.05) is 24.5 Å². The SMILES string of the molecule is CC(C(=O)N1CCCc2ccccc21)N1CCC(C(=O)c2ccccc2)CC1. The molecule has 2 heterocycles. The van der Waals surface area contributed by atoms with Gasteiger partial charge in [-0.3, -0.25) is 14.5 Å². The minimum absolute atomic E-state index is 0.0664. The fourth-order valence-electron chi connectivity index (χ4n) is 4.53. The van der Waals surface area contributed by atoms with Crippen molar-refractivity contribution in [2.45, 2.75) is 38.6 Å². The number of piperidine rings is 1. The molecule has 1 amide bonds. The Morgan fingerprint density at radius 1 is 0.929 bits per heavy atom. The van der Waals surface area contributed by atoms with E-state index in [9.17, 15) is 9.59 Å². The van der Waals surface area contributed by atoms with Crippen LogP contribution in [-0.2, 0) is 11.2 Å². The molecular formula is C24H28N2O2. The monoisotopic (exact) mass is 376 g/mol. The average Bonchev–Trinajstić information content (AvgIpc) is 2.78. The number of carbonyl (C=O) groups is 2. The Morgan fingerprint density at radius 2 is 1.61 bits per heavy atom. The maximum Gasteiger partial charge on any atom is 0.244 e. The first-order valence-electron chi connectivity index (χ1n) is 10.4. The third-order valence-corrected chi connectivity index (χ3v) is 6.24. The third-order valence-electron chi connectivity index (χ3n) is 6.24. The predicted octanol–water partition coefficient (Wildman–Crippen LogP) is 3.95. The Balaban J connectivity index is 1.39. The van der Waals surface area contributed by atoms with Gasteiger partial charge in [0.2, 0.25) is 5.91 Å². The molecule has 0 spiro atoms. The summed E-state index contributed by atoms with van der Waals surface area (Å²) in [6, 6.07) is 17.7. The quantitative estimate of drug-likeness (QED) is 0.759. The van der Waals surface area contributed by atoms with Crippen LogP contribution in [0.1, 0.15) is 42.1 Å². The Bertz CT molecular complexity index is 841. The number of fused-ring (bicyclic) bond motifs is 1. The number of amides is 1. The molecule has 1 unspecified atom stereocenters. The second-order valence-corrected chi connectivity index (χ2v) is 7.94. The molecule has 2 aliphatic heterocycles. The fraction of sp³-hybridized carbons (Fsp3) is 0.417. The van der Waals surface area contributed by atoms with Gasteiger partial charge in [0.25, 0.3) is 0 Å². The lowest BCUT2D eigenvalue weighted by atomic mass is 9.88. The van der Waals surface area contributed by atoms with Gasteiger partial charge in [-0.1, -0.05) is 48.5 Å². The lowest BCUT2D eigenvalue weighted by molar-refractivity contribution is -0.123. The number of hydrogen-bond acceptors (Lipinski definition) is 3. The van der Waals surface area contributed by atoms with E-state index >= 15 is 0 Å². The number of benzene rings is 2. The molecule has 4 nitrogen and oxygen atoms in total. The third kappa shape index (κ3) is 3.74. The van der Waals surface area contributed by atoms with Crippen molar-refractivity contribution in [3.63, 3.8) is 0 Å². The molecule has 146 valence electrons. The van der Waals surface area contributed by atoms with Gasteiger partial charge in [0.15, 0.2) is 5.78 Å². The first-order chi connectivity index (χ1) is 13.6. The molecule has 0 saturated carbocycles. The number of aryl methyl sites for hydroxylation is 1. The zero-order valence-electron chi connectivity index (χ0n) is 16.5. The first kappa shape index (κ1) is 18.9. The largest absolute Gasteiger partial charge is 0.311 e. The molecule has 1 atom stereocenters. The minimum Gasteiger partial charge on any atom is -0.311 e. The van der Waals surface area contributed by atoms with Gasteiger partial charge in [-0.05, 0) is 57.3 Å². The summed E-state index contributed by atoms with van der Waals surface area (Å²) in [5.74, 6) is 0.487. The predicted molar refractivity (Wildman–Crippen MR) is 112 cm³/mol. The maximum absolute atomic E-state index is 13.2. The van der Waals surface area contributed by atoms with Gasteiger partial charge in [-0.25, -0.2) is 0 Å². The van der Waals surface area contributed by atoms with Crippen LogP contribution >= 0.6 is 0 Å². The van der Waals surface area contributed by atoms with Gasteiger partial charge in [-0.2, -0.15) is 0 Å². The highest BCUT2D eigenvalue weighted by Gasteiger charge is 2.33. The van der Waals surface area contributed by atoms with Gasteiger partial charge >= 0.3 is 0 Å². The van der Waals surface area contributed by atoms with E-state index in [0.29, 0.717) is 0 Å². The molecule has 1 saturated heterocycles. The number of hydrogen-bond donors (Lipinski definition) is 0. The number of likely N-dealkylation sites (tertiary alicyclic amines) is 1. The van der Waals surface area contributed by atoms with E-state index < -0.39 is 0 Å². The standard InChI is InChI=1S/C24H28N2O2/c1-18(24(28)26-15-7-11-19-8-5-6-12-22(19)26)25-16-13-21(14-17-25)23(27)20-9-3-2-4-10-20/h2-6,8-10,12,18,21H,7,11,13-17H2,1H3. The normalized spacial score (nSPS) is 19.1. The Morgan fingerprint density at radius 3 is 2.36 bits per heavy atom.